The highest BCUT2D eigenvalue weighted by Crippen LogP contribution is 2.17. The van der Waals surface area contributed by atoms with Gasteiger partial charge in [-0.3, -0.25) is 9.48 Å². The molecule has 0 atom stereocenters. The molecule has 0 bridgehead atoms. The van der Waals surface area contributed by atoms with Gasteiger partial charge in [-0.1, -0.05) is 25.1 Å². The average molecular weight is 308 g/mol. The van der Waals surface area contributed by atoms with Crippen LogP contribution in [0.25, 0.3) is 11.4 Å². The van der Waals surface area contributed by atoms with Crippen LogP contribution in [0.1, 0.15) is 29.6 Å². The van der Waals surface area contributed by atoms with Gasteiger partial charge in [0.2, 0.25) is 0 Å². The number of rotatable bonds is 4. The molecule has 0 aliphatic rings. The Morgan fingerprint density at radius 1 is 1.17 bits per heavy atom. The van der Waals surface area contributed by atoms with Crippen molar-refractivity contribution in [3.8, 4) is 11.4 Å². The Morgan fingerprint density at radius 3 is 2.70 bits per heavy atom. The molecule has 5 nitrogen and oxygen atoms in total. The molecule has 0 radical (unpaired) electrons. The third kappa shape index (κ3) is 3.39. The van der Waals surface area contributed by atoms with Gasteiger partial charge in [-0.05, 0) is 38.0 Å². The van der Waals surface area contributed by atoms with E-state index >= 15 is 0 Å². The van der Waals surface area contributed by atoms with E-state index in [2.05, 4.69) is 27.2 Å². The van der Waals surface area contributed by atoms with Crippen LogP contribution in [0, 0.1) is 13.8 Å². The highest BCUT2D eigenvalue weighted by atomic mass is 16.1. The Balaban J connectivity index is 1.95. The van der Waals surface area contributed by atoms with Gasteiger partial charge < -0.3 is 4.98 Å². The molecule has 3 rings (SSSR count). The first-order valence-corrected chi connectivity index (χ1v) is 7.76. The predicted octanol–water partition coefficient (Wildman–Crippen LogP) is 2.86. The summed E-state index contributed by atoms with van der Waals surface area (Å²) in [5.74, 6) is 0.615. The van der Waals surface area contributed by atoms with Crippen molar-refractivity contribution in [1.82, 2.24) is 19.7 Å². The lowest BCUT2D eigenvalue weighted by molar-refractivity contribution is 0.659. The summed E-state index contributed by atoms with van der Waals surface area (Å²) >= 11 is 0. The fourth-order valence-electron chi connectivity index (χ4n) is 2.65. The number of hydrogen-bond donors (Lipinski definition) is 1. The summed E-state index contributed by atoms with van der Waals surface area (Å²) in [6, 6.07) is 11.7. The van der Waals surface area contributed by atoms with Crippen molar-refractivity contribution in [1.29, 1.82) is 0 Å². The minimum absolute atomic E-state index is 0.115. The zero-order valence-electron chi connectivity index (χ0n) is 13.6. The molecule has 0 aliphatic heterocycles. The number of nitrogens with one attached hydrogen (secondary N) is 1. The number of aromatic amines is 1. The quantitative estimate of drug-likeness (QED) is 0.806. The first-order valence-electron chi connectivity index (χ1n) is 7.76. The van der Waals surface area contributed by atoms with Crippen molar-refractivity contribution >= 4 is 0 Å². The number of H-pyrrole nitrogens is 1. The normalized spacial score (nSPS) is 10.9. The van der Waals surface area contributed by atoms with Crippen molar-refractivity contribution in [2.24, 2.45) is 0 Å². The fourth-order valence-corrected chi connectivity index (χ4v) is 2.65. The van der Waals surface area contributed by atoms with E-state index in [9.17, 15) is 4.79 Å². The molecule has 0 aliphatic carbocycles. The van der Waals surface area contributed by atoms with Crippen molar-refractivity contribution in [3.63, 3.8) is 0 Å². The molecule has 0 unspecified atom stereocenters. The van der Waals surface area contributed by atoms with E-state index in [0.717, 1.165) is 34.6 Å². The van der Waals surface area contributed by atoms with Crippen LogP contribution in [0.2, 0.25) is 0 Å². The van der Waals surface area contributed by atoms with Crippen molar-refractivity contribution < 1.29 is 0 Å². The maximum absolute atomic E-state index is 11.8. The van der Waals surface area contributed by atoms with E-state index in [1.165, 1.54) is 0 Å². The van der Waals surface area contributed by atoms with Gasteiger partial charge in [0.25, 0.3) is 5.56 Å². The second kappa shape index (κ2) is 6.20. The lowest BCUT2D eigenvalue weighted by Gasteiger charge is -2.08. The molecule has 2 aromatic heterocycles. The molecule has 5 heteroatoms. The summed E-state index contributed by atoms with van der Waals surface area (Å²) < 4.78 is 1.98. The molecule has 0 amide bonds. The summed E-state index contributed by atoms with van der Waals surface area (Å²) in [6.07, 6.45) is 0.738. The van der Waals surface area contributed by atoms with E-state index in [1.54, 1.807) is 6.07 Å². The van der Waals surface area contributed by atoms with E-state index in [0.29, 0.717) is 12.4 Å². The summed E-state index contributed by atoms with van der Waals surface area (Å²) in [6.45, 7) is 6.73. The Hall–Kier alpha value is -2.69. The highest BCUT2D eigenvalue weighted by Gasteiger charge is 2.06. The third-order valence-corrected chi connectivity index (χ3v) is 3.79. The molecular weight excluding hydrogens is 288 g/mol. The first kappa shape index (κ1) is 15.2. The third-order valence-electron chi connectivity index (χ3n) is 3.79. The summed E-state index contributed by atoms with van der Waals surface area (Å²) in [7, 11) is 0. The zero-order valence-corrected chi connectivity index (χ0v) is 13.6. The van der Waals surface area contributed by atoms with Crippen LogP contribution in [0.15, 0.2) is 41.2 Å². The minimum Gasteiger partial charge on any atom is -0.307 e. The second-order valence-electron chi connectivity index (χ2n) is 5.72. The Bertz CT molecular complexity index is 892. The SMILES string of the molecule is CCc1cc(=O)[nH]c(-c2cccc(Cn3nc(C)cc3C)c2)n1. The molecule has 0 saturated heterocycles. The number of hydrogen-bond acceptors (Lipinski definition) is 3. The highest BCUT2D eigenvalue weighted by molar-refractivity contribution is 5.56. The maximum atomic E-state index is 11.8. The predicted molar refractivity (Wildman–Crippen MR) is 90.5 cm³/mol. The molecule has 118 valence electrons. The Morgan fingerprint density at radius 2 is 2.00 bits per heavy atom. The Labute approximate surface area is 135 Å². The number of aryl methyl sites for hydroxylation is 3. The summed E-state index contributed by atoms with van der Waals surface area (Å²) in [4.78, 5) is 19.1. The Kier molecular flexibility index (Phi) is 4.10. The second-order valence-corrected chi connectivity index (χ2v) is 5.72. The zero-order chi connectivity index (χ0) is 16.4. The molecular formula is C18H20N4O. The summed E-state index contributed by atoms with van der Waals surface area (Å²) in [5.41, 5.74) is 4.87. The van der Waals surface area contributed by atoms with Crippen molar-refractivity contribution in [3.05, 3.63) is 69.4 Å². The van der Waals surface area contributed by atoms with Crippen LogP contribution >= 0.6 is 0 Å². The van der Waals surface area contributed by atoms with Gasteiger partial charge >= 0.3 is 0 Å². The topological polar surface area (TPSA) is 63.6 Å². The van der Waals surface area contributed by atoms with E-state index in [1.807, 2.05) is 43.7 Å². The fraction of sp³-hybridized carbons (Fsp3) is 0.278. The van der Waals surface area contributed by atoms with Crippen LogP contribution in [-0.2, 0) is 13.0 Å². The monoisotopic (exact) mass is 308 g/mol. The molecule has 2 heterocycles. The van der Waals surface area contributed by atoms with Gasteiger partial charge in [0.05, 0.1) is 12.2 Å². The summed E-state index contributed by atoms with van der Waals surface area (Å²) in [5, 5.41) is 4.49. The smallest absolute Gasteiger partial charge is 0.251 e. The van der Waals surface area contributed by atoms with Gasteiger partial charge in [-0.15, -0.1) is 0 Å². The molecule has 0 spiro atoms. The van der Waals surface area contributed by atoms with Gasteiger partial charge in [0.15, 0.2) is 0 Å². The number of nitrogens with zero attached hydrogens (tertiary/aromatic N) is 3. The van der Waals surface area contributed by atoms with Gasteiger partial charge in [-0.25, -0.2) is 4.98 Å². The van der Waals surface area contributed by atoms with Gasteiger partial charge in [0, 0.05) is 23.0 Å². The molecule has 3 aromatic rings. The standard InChI is InChI=1S/C18H20N4O/c1-4-16-10-17(23)20-18(19-16)15-7-5-6-14(9-15)11-22-13(3)8-12(2)21-22/h5-10H,4,11H2,1-3H3,(H,19,20,23). The van der Waals surface area contributed by atoms with Crippen LogP contribution in [0.3, 0.4) is 0 Å². The maximum Gasteiger partial charge on any atom is 0.251 e. The molecule has 1 N–H and O–H groups in total. The molecule has 0 saturated carbocycles. The van der Waals surface area contributed by atoms with Crippen LogP contribution in [-0.4, -0.2) is 19.7 Å². The largest absolute Gasteiger partial charge is 0.307 e. The molecule has 23 heavy (non-hydrogen) atoms. The number of benzene rings is 1. The average Bonchev–Trinajstić information content (AvgIpc) is 2.84. The minimum atomic E-state index is -0.115. The molecule has 0 fully saturated rings. The van der Waals surface area contributed by atoms with Crippen LogP contribution in [0.4, 0.5) is 0 Å². The number of aromatic nitrogens is 4. The van der Waals surface area contributed by atoms with E-state index in [-0.39, 0.29) is 5.56 Å². The lowest BCUT2D eigenvalue weighted by Crippen LogP contribution is -2.10. The van der Waals surface area contributed by atoms with Crippen molar-refractivity contribution in [2.75, 3.05) is 0 Å². The van der Waals surface area contributed by atoms with Crippen LogP contribution in [0.5, 0.6) is 0 Å². The van der Waals surface area contributed by atoms with E-state index < -0.39 is 0 Å². The van der Waals surface area contributed by atoms with Crippen molar-refractivity contribution in [2.45, 2.75) is 33.7 Å². The lowest BCUT2D eigenvalue weighted by atomic mass is 10.1. The van der Waals surface area contributed by atoms with Gasteiger partial charge in [0.1, 0.15) is 5.82 Å². The van der Waals surface area contributed by atoms with Crippen LogP contribution < -0.4 is 5.56 Å². The first-order chi connectivity index (χ1) is 11.0. The van der Waals surface area contributed by atoms with E-state index in [4.69, 9.17) is 0 Å². The van der Waals surface area contributed by atoms with Gasteiger partial charge in [-0.2, -0.15) is 5.10 Å². The molecule has 1 aromatic carbocycles.